The van der Waals surface area contributed by atoms with E-state index in [1.165, 1.54) is 11.3 Å². The topological polar surface area (TPSA) is 46.6 Å². The molecular weight excluding hydrogens is 274 g/mol. The minimum absolute atomic E-state index is 0.590. The van der Waals surface area contributed by atoms with Gasteiger partial charge in [0.1, 0.15) is 0 Å². The molecule has 0 spiro atoms. The number of anilines is 1. The van der Waals surface area contributed by atoms with Crippen molar-refractivity contribution in [3.05, 3.63) is 10.6 Å². The van der Waals surface area contributed by atoms with Crippen molar-refractivity contribution in [3.63, 3.8) is 0 Å². The molecule has 2 heterocycles. The Morgan fingerprint density at radius 3 is 2.95 bits per heavy atom. The number of nitrogens with zero attached hydrogens (tertiary/aromatic N) is 2. The number of aromatic nitrogens is 1. The van der Waals surface area contributed by atoms with Crippen LogP contribution in [0.3, 0.4) is 0 Å². The molecule has 1 aromatic rings. The Morgan fingerprint density at radius 1 is 1.40 bits per heavy atom. The van der Waals surface area contributed by atoms with Crippen LogP contribution in [0.1, 0.15) is 23.9 Å². The highest BCUT2D eigenvalue weighted by molar-refractivity contribution is 7.15. The Balaban J connectivity index is 2.04. The standard InChI is InChI=1S/C14H25N3O2S/c1-4-15-7-13-12(10-19-3)16-14(20-13)17-6-5-11(8-17)9-18-2/h11,15H,4-10H2,1-3H3. The Morgan fingerprint density at radius 2 is 2.25 bits per heavy atom. The second kappa shape index (κ2) is 7.93. The van der Waals surface area contributed by atoms with E-state index in [2.05, 4.69) is 17.1 Å². The highest BCUT2D eigenvalue weighted by Crippen LogP contribution is 2.31. The average Bonchev–Trinajstić information content (AvgIpc) is 3.04. The van der Waals surface area contributed by atoms with E-state index in [-0.39, 0.29) is 0 Å². The summed E-state index contributed by atoms with van der Waals surface area (Å²) in [6.45, 7) is 7.53. The first-order valence-electron chi connectivity index (χ1n) is 7.20. The number of hydrogen-bond acceptors (Lipinski definition) is 6. The van der Waals surface area contributed by atoms with Crippen LogP contribution < -0.4 is 10.2 Å². The van der Waals surface area contributed by atoms with Crippen molar-refractivity contribution in [3.8, 4) is 0 Å². The molecule has 0 aliphatic carbocycles. The van der Waals surface area contributed by atoms with Crippen LogP contribution in [0, 0.1) is 5.92 Å². The molecule has 6 heteroatoms. The third-order valence-electron chi connectivity index (χ3n) is 3.54. The molecule has 0 bridgehead atoms. The van der Waals surface area contributed by atoms with Crippen LogP contribution in [0.25, 0.3) is 0 Å². The monoisotopic (exact) mass is 299 g/mol. The maximum absolute atomic E-state index is 5.26. The number of nitrogens with one attached hydrogen (secondary N) is 1. The van der Waals surface area contributed by atoms with Crippen LogP contribution in [0.15, 0.2) is 0 Å². The summed E-state index contributed by atoms with van der Waals surface area (Å²) >= 11 is 1.79. The van der Waals surface area contributed by atoms with Gasteiger partial charge in [-0.1, -0.05) is 6.92 Å². The number of hydrogen-bond donors (Lipinski definition) is 1. The van der Waals surface area contributed by atoms with Crippen molar-refractivity contribution in [2.75, 3.05) is 45.4 Å². The maximum Gasteiger partial charge on any atom is 0.185 e. The molecule has 0 saturated carbocycles. The Labute approximate surface area is 125 Å². The molecule has 0 aromatic carbocycles. The zero-order chi connectivity index (χ0) is 14.4. The van der Waals surface area contributed by atoms with Crippen LogP contribution >= 0.6 is 11.3 Å². The number of ether oxygens (including phenoxy) is 2. The van der Waals surface area contributed by atoms with E-state index in [0.717, 1.165) is 43.6 Å². The van der Waals surface area contributed by atoms with Gasteiger partial charge in [-0.25, -0.2) is 4.98 Å². The lowest BCUT2D eigenvalue weighted by Gasteiger charge is -2.14. The summed E-state index contributed by atoms with van der Waals surface area (Å²) in [4.78, 5) is 8.44. The molecule has 1 fully saturated rings. The fourth-order valence-corrected chi connectivity index (χ4v) is 3.58. The van der Waals surface area contributed by atoms with Crippen LogP contribution in [0.4, 0.5) is 5.13 Å². The van der Waals surface area contributed by atoms with Crippen molar-refractivity contribution < 1.29 is 9.47 Å². The van der Waals surface area contributed by atoms with E-state index in [1.54, 1.807) is 25.6 Å². The summed E-state index contributed by atoms with van der Waals surface area (Å²) in [6, 6.07) is 0. The molecule has 20 heavy (non-hydrogen) atoms. The van der Waals surface area contributed by atoms with Gasteiger partial charge >= 0.3 is 0 Å². The smallest absolute Gasteiger partial charge is 0.185 e. The largest absolute Gasteiger partial charge is 0.384 e. The molecule has 0 amide bonds. The Bertz CT molecular complexity index is 411. The van der Waals surface area contributed by atoms with Crippen molar-refractivity contribution >= 4 is 16.5 Å². The number of methoxy groups -OCH3 is 2. The average molecular weight is 299 g/mol. The first kappa shape index (κ1) is 15.7. The van der Waals surface area contributed by atoms with Gasteiger partial charge in [-0.3, -0.25) is 0 Å². The fourth-order valence-electron chi connectivity index (χ4n) is 2.51. The molecule has 1 saturated heterocycles. The summed E-state index contributed by atoms with van der Waals surface area (Å²) in [7, 11) is 3.50. The van der Waals surface area contributed by atoms with Crippen LogP contribution in [0.5, 0.6) is 0 Å². The van der Waals surface area contributed by atoms with Crippen LogP contribution in [0.2, 0.25) is 0 Å². The highest BCUT2D eigenvalue weighted by Gasteiger charge is 2.25. The summed E-state index contributed by atoms with van der Waals surface area (Å²) in [5.41, 5.74) is 1.07. The SMILES string of the molecule is CCNCc1sc(N2CCC(COC)C2)nc1COC. The molecule has 0 radical (unpaired) electrons. The normalized spacial score (nSPS) is 18.9. The lowest BCUT2D eigenvalue weighted by atomic mass is 10.1. The lowest BCUT2D eigenvalue weighted by Crippen LogP contribution is -2.20. The molecule has 1 unspecified atom stereocenters. The third-order valence-corrected chi connectivity index (χ3v) is 4.70. The van der Waals surface area contributed by atoms with Gasteiger partial charge in [-0.15, -0.1) is 11.3 Å². The van der Waals surface area contributed by atoms with Gasteiger partial charge < -0.3 is 19.7 Å². The van der Waals surface area contributed by atoms with Gasteiger partial charge in [0.05, 0.1) is 18.9 Å². The second-order valence-corrected chi connectivity index (χ2v) is 6.20. The van der Waals surface area contributed by atoms with Gasteiger partial charge in [0.2, 0.25) is 0 Å². The molecule has 114 valence electrons. The Kier molecular flexibility index (Phi) is 6.22. The van der Waals surface area contributed by atoms with E-state index in [1.807, 2.05) is 0 Å². The van der Waals surface area contributed by atoms with Gasteiger partial charge in [0.15, 0.2) is 5.13 Å². The molecule has 2 rings (SSSR count). The quantitative estimate of drug-likeness (QED) is 0.794. The molecular formula is C14H25N3O2S. The first-order valence-corrected chi connectivity index (χ1v) is 8.02. The summed E-state index contributed by atoms with van der Waals surface area (Å²) in [6.07, 6.45) is 1.19. The first-order chi connectivity index (χ1) is 9.78. The summed E-state index contributed by atoms with van der Waals surface area (Å²) in [5.74, 6) is 0.631. The molecule has 1 aromatic heterocycles. The number of rotatable bonds is 8. The van der Waals surface area contributed by atoms with Crippen molar-refractivity contribution in [2.24, 2.45) is 5.92 Å². The van der Waals surface area contributed by atoms with E-state index < -0.39 is 0 Å². The molecule has 1 N–H and O–H groups in total. The predicted octanol–water partition coefficient (Wildman–Crippen LogP) is 1.87. The fraction of sp³-hybridized carbons (Fsp3) is 0.786. The zero-order valence-corrected chi connectivity index (χ0v) is 13.5. The molecule has 1 aliphatic heterocycles. The van der Waals surface area contributed by atoms with Gasteiger partial charge in [0, 0.05) is 44.6 Å². The predicted molar refractivity (Wildman–Crippen MR) is 82.4 cm³/mol. The van der Waals surface area contributed by atoms with Crippen LogP contribution in [-0.2, 0) is 22.6 Å². The Hall–Kier alpha value is -0.690. The summed E-state index contributed by atoms with van der Waals surface area (Å²) < 4.78 is 10.5. The van der Waals surface area contributed by atoms with Gasteiger partial charge in [-0.2, -0.15) is 0 Å². The van der Waals surface area contributed by atoms with Gasteiger partial charge in [-0.05, 0) is 13.0 Å². The van der Waals surface area contributed by atoms with Crippen LogP contribution in [-0.4, -0.2) is 45.4 Å². The minimum atomic E-state index is 0.590. The van der Waals surface area contributed by atoms with Crippen molar-refractivity contribution in [1.82, 2.24) is 10.3 Å². The number of thiazole rings is 1. The second-order valence-electron chi connectivity index (χ2n) is 5.14. The van der Waals surface area contributed by atoms with Crippen molar-refractivity contribution in [1.29, 1.82) is 0 Å². The molecule has 1 aliphatic rings. The summed E-state index contributed by atoms with van der Waals surface area (Å²) in [5, 5.41) is 4.50. The highest BCUT2D eigenvalue weighted by atomic mass is 32.1. The zero-order valence-electron chi connectivity index (χ0n) is 12.6. The molecule has 5 nitrogen and oxygen atoms in total. The lowest BCUT2D eigenvalue weighted by molar-refractivity contribution is 0.161. The van der Waals surface area contributed by atoms with E-state index in [9.17, 15) is 0 Å². The minimum Gasteiger partial charge on any atom is -0.384 e. The van der Waals surface area contributed by atoms with E-state index in [4.69, 9.17) is 14.5 Å². The van der Waals surface area contributed by atoms with E-state index >= 15 is 0 Å². The van der Waals surface area contributed by atoms with Gasteiger partial charge in [0.25, 0.3) is 0 Å². The third kappa shape index (κ3) is 3.91. The van der Waals surface area contributed by atoms with Crippen molar-refractivity contribution in [2.45, 2.75) is 26.5 Å². The maximum atomic E-state index is 5.26. The molecule has 1 atom stereocenters. The van der Waals surface area contributed by atoms with E-state index in [0.29, 0.717) is 12.5 Å².